The average molecular weight is 440 g/mol. The second kappa shape index (κ2) is 7.77. The minimum atomic E-state index is -0.568. The van der Waals surface area contributed by atoms with Gasteiger partial charge in [0.2, 0.25) is 11.7 Å². The highest BCUT2D eigenvalue weighted by Gasteiger charge is 2.32. The number of aromatic nitrogens is 3. The van der Waals surface area contributed by atoms with Crippen molar-refractivity contribution in [3.05, 3.63) is 65.0 Å². The minimum absolute atomic E-state index is 0.0129. The van der Waals surface area contributed by atoms with E-state index in [1.807, 2.05) is 18.2 Å². The number of hydrogen-bond acceptors (Lipinski definition) is 4. The van der Waals surface area contributed by atoms with Crippen LogP contribution in [-0.4, -0.2) is 33.1 Å². The number of hydrogen-bond donors (Lipinski definition) is 1. The molecule has 2 heterocycles. The number of halogens is 2. The number of para-hydroxylation sites is 1. The van der Waals surface area contributed by atoms with Gasteiger partial charge in [0.25, 0.3) is 5.91 Å². The molecule has 0 bridgehead atoms. The van der Waals surface area contributed by atoms with Gasteiger partial charge >= 0.3 is 0 Å². The van der Waals surface area contributed by atoms with Crippen LogP contribution in [0, 0.1) is 5.82 Å². The number of benzene rings is 2. The largest absolute Gasteiger partial charge is 0.319 e. The Morgan fingerprint density at radius 1 is 1.16 bits per heavy atom. The van der Waals surface area contributed by atoms with E-state index >= 15 is 0 Å². The Bertz CT molecular complexity index is 1190. The molecule has 3 aromatic rings. The van der Waals surface area contributed by atoms with Crippen LogP contribution in [-0.2, 0) is 4.79 Å². The van der Waals surface area contributed by atoms with Crippen molar-refractivity contribution in [2.75, 3.05) is 16.8 Å². The van der Waals surface area contributed by atoms with E-state index in [4.69, 9.17) is 11.6 Å². The number of carbonyl (C=O) groups excluding carboxylic acids is 2. The number of nitrogens with one attached hydrogen (secondary N) is 1. The summed E-state index contributed by atoms with van der Waals surface area (Å²) < 4.78 is 16.2. The molecule has 158 valence electrons. The maximum absolute atomic E-state index is 14.6. The molecule has 2 aliphatic rings. The predicted octanol–water partition coefficient (Wildman–Crippen LogP) is 4.32. The number of nitrogens with zero attached hydrogens (tertiary/aromatic N) is 4. The van der Waals surface area contributed by atoms with Gasteiger partial charge in [0, 0.05) is 24.6 Å². The van der Waals surface area contributed by atoms with Gasteiger partial charge in [0.15, 0.2) is 0 Å². The molecule has 2 fully saturated rings. The minimum Gasteiger partial charge on any atom is -0.319 e. The third-order valence-corrected chi connectivity index (χ3v) is 5.75. The van der Waals surface area contributed by atoms with Gasteiger partial charge in [-0.15, -0.1) is 5.10 Å². The topological polar surface area (TPSA) is 80.1 Å². The fraction of sp³-hybridized carbons (Fsp3) is 0.273. The molecule has 7 nitrogen and oxygen atoms in total. The van der Waals surface area contributed by atoms with E-state index in [9.17, 15) is 14.0 Å². The lowest BCUT2D eigenvalue weighted by Crippen LogP contribution is -2.24. The lowest BCUT2D eigenvalue weighted by Gasteiger charge is -2.17. The third-order valence-electron chi connectivity index (χ3n) is 5.43. The fourth-order valence-corrected chi connectivity index (χ4v) is 3.94. The monoisotopic (exact) mass is 439 g/mol. The summed E-state index contributed by atoms with van der Waals surface area (Å²) in [6, 6.07) is 11.5. The second-order valence-corrected chi connectivity index (χ2v) is 8.11. The normalized spacial score (nSPS) is 16.1. The maximum Gasteiger partial charge on any atom is 0.295 e. The van der Waals surface area contributed by atoms with Gasteiger partial charge in [-0.3, -0.25) is 9.59 Å². The molecule has 0 atom stereocenters. The van der Waals surface area contributed by atoms with Crippen molar-refractivity contribution >= 4 is 34.8 Å². The van der Waals surface area contributed by atoms with Crippen LogP contribution < -0.4 is 10.2 Å². The molecule has 2 aromatic carbocycles. The molecule has 2 amide bonds. The number of amides is 2. The van der Waals surface area contributed by atoms with Crippen molar-refractivity contribution in [3.63, 3.8) is 0 Å². The molecular formula is C22H19ClFN5O2. The van der Waals surface area contributed by atoms with E-state index in [0.717, 1.165) is 12.8 Å². The molecule has 0 spiro atoms. The van der Waals surface area contributed by atoms with E-state index in [1.165, 1.54) is 17.0 Å². The number of rotatable bonds is 5. The van der Waals surface area contributed by atoms with Crippen LogP contribution in [0.4, 0.5) is 15.8 Å². The van der Waals surface area contributed by atoms with Crippen molar-refractivity contribution in [2.45, 2.75) is 31.6 Å². The Balaban J connectivity index is 1.40. The molecule has 31 heavy (non-hydrogen) atoms. The maximum atomic E-state index is 14.6. The van der Waals surface area contributed by atoms with Crippen LogP contribution in [0.2, 0.25) is 5.02 Å². The lowest BCUT2D eigenvalue weighted by molar-refractivity contribution is -0.117. The third kappa shape index (κ3) is 3.79. The van der Waals surface area contributed by atoms with Gasteiger partial charge in [-0.25, -0.2) is 14.1 Å². The van der Waals surface area contributed by atoms with Gasteiger partial charge in [-0.05, 0) is 49.6 Å². The van der Waals surface area contributed by atoms with Crippen LogP contribution in [0.3, 0.4) is 0 Å². The average Bonchev–Trinajstić information content (AvgIpc) is 3.36. The summed E-state index contributed by atoms with van der Waals surface area (Å²) in [5.74, 6) is -0.302. The summed E-state index contributed by atoms with van der Waals surface area (Å²) in [4.78, 5) is 30.5. The van der Waals surface area contributed by atoms with Crippen molar-refractivity contribution in [1.29, 1.82) is 0 Å². The highest BCUT2D eigenvalue weighted by Crippen LogP contribution is 2.40. The Hall–Kier alpha value is -3.26. The zero-order chi connectivity index (χ0) is 21.5. The Morgan fingerprint density at radius 3 is 2.65 bits per heavy atom. The first-order valence-electron chi connectivity index (χ1n) is 10.1. The van der Waals surface area contributed by atoms with Gasteiger partial charge in [0.05, 0.1) is 16.4 Å². The SMILES string of the molecule is O=C(Nc1ccc(N2CCCC2=O)c(F)c1)c1nc(C2CC2)n(-c2ccccc2Cl)n1. The summed E-state index contributed by atoms with van der Waals surface area (Å²) in [5.41, 5.74) is 1.14. The van der Waals surface area contributed by atoms with Crippen LogP contribution >= 0.6 is 11.6 Å². The second-order valence-electron chi connectivity index (χ2n) is 7.70. The molecular weight excluding hydrogens is 421 g/mol. The Kier molecular flexibility index (Phi) is 4.94. The van der Waals surface area contributed by atoms with Crippen molar-refractivity contribution in [2.24, 2.45) is 0 Å². The van der Waals surface area contributed by atoms with Gasteiger partial charge in [-0.1, -0.05) is 23.7 Å². The molecule has 0 radical (unpaired) electrons. The summed E-state index contributed by atoms with van der Waals surface area (Å²) in [7, 11) is 0. The molecule has 1 aliphatic carbocycles. The van der Waals surface area contributed by atoms with Crippen LogP contribution in [0.25, 0.3) is 5.69 Å². The first-order valence-corrected chi connectivity index (χ1v) is 10.5. The van der Waals surface area contributed by atoms with E-state index in [-0.39, 0.29) is 29.0 Å². The van der Waals surface area contributed by atoms with Crippen molar-refractivity contribution < 1.29 is 14.0 Å². The predicted molar refractivity (Wildman–Crippen MR) is 114 cm³/mol. The van der Waals surface area contributed by atoms with E-state index in [1.54, 1.807) is 16.8 Å². The number of anilines is 2. The summed E-state index contributed by atoms with van der Waals surface area (Å²) in [6.07, 6.45) is 3.08. The lowest BCUT2D eigenvalue weighted by atomic mass is 10.2. The molecule has 1 aliphatic heterocycles. The van der Waals surface area contributed by atoms with E-state index in [0.29, 0.717) is 35.9 Å². The van der Waals surface area contributed by atoms with Crippen molar-refractivity contribution in [1.82, 2.24) is 14.8 Å². The van der Waals surface area contributed by atoms with Crippen LogP contribution in [0.1, 0.15) is 48.0 Å². The van der Waals surface area contributed by atoms with Crippen LogP contribution in [0.5, 0.6) is 0 Å². The summed E-state index contributed by atoms with van der Waals surface area (Å²) >= 11 is 6.31. The van der Waals surface area contributed by atoms with Gasteiger partial charge in [-0.2, -0.15) is 0 Å². The number of carbonyl (C=O) groups is 2. The summed E-state index contributed by atoms with van der Waals surface area (Å²) in [6.45, 7) is 0.495. The van der Waals surface area contributed by atoms with Gasteiger partial charge in [0.1, 0.15) is 11.6 Å². The highest BCUT2D eigenvalue weighted by molar-refractivity contribution is 6.32. The zero-order valence-electron chi connectivity index (χ0n) is 16.5. The Morgan fingerprint density at radius 2 is 1.97 bits per heavy atom. The quantitative estimate of drug-likeness (QED) is 0.642. The Labute approximate surface area is 182 Å². The van der Waals surface area contributed by atoms with Crippen molar-refractivity contribution in [3.8, 4) is 5.69 Å². The van der Waals surface area contributed by atoms with E-state index < -0.39 is 11.7 Å². The highest BCUT2D eigenvalue weighted by atomic mass is 35.5. The van der Waals surface area contributed by atoms with E-state index in [2.05, 4.69) is 15.4 Å². The smallest absolute Gasteiger partial charge is 0.295 e. The zero-order valence-corrected chi connectivity index (χ0v) is 17.3. The molecule has 9 heteroatoms. The van der Waals surface area contributed by atoms with Gasteiger partial charge < -0.3 is 10.2 Å². The molecule has 1 N–H and O–H groups in total. The molecule has 0 unspecified atom stereocenters. The van der Waals surface area contributed by atoms with Crippen LogP contribution in [0.15, 0.2) is 42.5 Å². The fourth-order valence-electron chi connectivity index (χ4n) is 3.72. The summed E-state index contributed by atoms with van der Waals surface area (Å²) in [5, 5.41) is 7.52. The standard InChI is InChI=1S/C22H19ClFN5O2/c23-15-4-1-2-5-17(15)29-21(13-7-8-13)26-20(27-29)22(31)25-14-9-10-18(16(24)12-14)28-11-3-6-19(28)30/h1-2,4-5,9-10,12-13H,3,6-8,11H2,(H,25,31). The molecule has 5 rings (SSSR count). The molecule has 1 saturated carbocycles. The first-order chi connectivity index (χ1) is 15.0. The molecule has 1 saturated heterocycles. The molecule has 1 aromatic heterocycles. The first kappa shape index (κ1) is 19.7.